The molecule has 1 saturated heterocycles. The zero-order valence-electron chi connectivity index (χ0n) is 12.4. The van der Waals surface area contributed by atoms with Gasteiger partial charge in [-0.2, -0.15) is 0 Å². The summed E-state index contributed by atoms with van der Waals surface area (Å²) in [5.74, 6) is 1.16. The normalized spacial score (nSPS) is 18.2. The standard InChI is InChI=1S/C16H20N4OS/c21-16(19-8-6-15-18-9-11-22-15)13-4-3-10-20(12-13)14-5-1-2-7-17-14/h1-2,5,7,9,11,13H,3-4,6,8,10,12H2,(H,19,21)/t13-/m0/s1. The second kappa shape index (κ2) is 7.35. The van der Waals surface area contributed by atoms with E-state index >= 15 is 0 Å². The van der Waals surface area contributed by atoms with Crippen molar-refractivity contribution in [3.05, 3.63) is 41.0 Å². The van der Waals surface area contributed by atoms with Crippen molar-refractivity contribution >= 4 is 23.1 Å². The number of hydrogen-bond acceptors (Lipinski definition) is 5. The number of rotatable bonds is 5. The number of carbonyl (C=O) groups excluding carboxylic acids is 1. The number of amides is 1. The molecule has 6 heteroatoms. The number of piperidine rings is 1. The number of thiazole rings is 1. The molecule has 5 nitrogen and oxygen atoms in total. The quantitative estimate of drug-likeness (QED) is 0.918. The zero-order valence-corrected chi connectivity index (χ0v) is 13.3. The van der Waals surface area contributed by atoms with E-state index in [-0.39, 0.29) is 11.8 Å². The van der Waals surface area contributed by atoms with Crippen LogP contribution in [0.2, 0.25) is 0 Å². The Labute approximate surface area is 134 Å². The molecule has 0 aromatic carbocycles. The van der Waals surface area contributed by atoms with Gasteiger partial charge in [-0.1, -0.05) is 6.07 Å². The summed E-state index contributed by atoms with van der Waals surface area (Å²) < 4.78 is 0. The van der Waals surface area contributed by atoms with E-state index in [4.69, 9.17) is 0 Å². The van der Waals surface area contributed by atoms with Crippen LogP contribution in [0, 0.1) is 5.92 Å². The largest absolute Gasteiger partial charge is 0.356 e. The first kappa shape index (κ1) is 15.0. The Morgan fingerprint density at radius 1 is 1.36 bits per heavy atom. The second-order valence-electron chi connectivity index (χ2n) is 5.44. The van der Waals surface area contributed by atoms with Crippen LogP contribution in [0.25, 0.3) is 0 Å². The molecule has 0 spiro atoms. The number of carbonyl (C=O) groups is 1. The van der Waals surface area contributed by atoms with Crippen molar-refractivity contribution in [3.63, 3.8) is 0 Å². The molecule has 3 heterocycles. The average Bonchev–Trinajstić information content (AvgIpc) is 3.09. The first-order chi connectivity index (χ1) is 10.8. The molecule has 0 bridgehead atoms. The molecule has 1 aliphatic heterocycles. The number of nitrogens with one attached hydrogen (secondary N) is 1. The van der Waals surface area contributed by atoms with E-state index in [0.29, 0.717) is 6.54 Å². The van der Waals surface area contributed by atoms with E-state index in [1.807, 2.05) is 23.6 Å². The van der Waals surface area contributed by atoms with E-state index in [9.17, 15) is 4.79 Å². The van der Waals surface area contributed by atoms with Crippen LogP contribution in [0.15, 0.2) is 36.0 Å². The Hall–Kier alpha value is -1.95. The van der Waals surface area contributed by atoms with E-state index in [2.05, 4.69) is 20.2 Å². The molecule has 0 unspecified atom stereocenters. The molecule has 1 N–H and O–H groups in total. The smallest absolute Gasteiger partial charge is 0.224 e. The Morgan fingerprint density at radius 2 is 2.32 bits per heavy atom. The number of anilines is 1. The van der Waals surface area contributed by atoms with Crippen LogP contribution in [0.1, 0.15) is 17.8 Å². The first-order valence-corrected chi connectivity index (χ1v) is 8.53. The fraction of sp³-hybridized carbons (Fsp3) is 0.438. The fourth-order valence-electron chi connectivity index (χ4n) is 2.75. The zero-order chi connectivity index (χ0) is 15.2. The highest BCUT2D eigenvalue weighted by Gasteiger charge is 2.26. The highest BCUT2D eigenvalue weighted by molar-refractivity contribution is 7.09. The van der Waals surface area contributed by atoms with Gasteiger partial charge in [0.25, 0.3) is 0 Å². The first-order valence-electron chi connectivity index (χ1n) is 7.65. The third-order valence-corrected chi connectivity index (χ3v) is 4.73. The summed E-state index contributed by atoms with van der Waals surface area (Å²) in [6, 6.07) is 5.90. The van der Waals surface area contributed by atoms with Crippen molar-refractivity contribution in [2.45, 2.75) is 19.3 Å². The van der Waals surface area contributed by atoms with Crippen molar-refractivity contribution in [2.24, 2.45) is 5.92 Å². The molecule has 0 aliphatic carbocycles. The van der Waals surface area contributed by atoms with Crippen molar-refractivity contribution < 1.29 is 4.79 Å². The molecule has 1 fully saturated rings. The van der Waals surface area contributed by atoms with Gasteiger partial charge < -0.3 is 10.2 Å². The van der Waals surface area contributed by atoms with Gasteiger partial charge >= 0.3 is 0 Å². The summed E-state index contributed by atoms with van der Waals surface area (Å²) in [4.78, 5) is 23.1. The molecule has 1 amide bonds. The minimum Gasteiger partial charge on any atom is -0.356 e. The summed E-state index contributed by atoms with van der Waals surface area (Å²) in [5.41, 5.74) is 0. The summed E-state index contributed by atoms with van der Waals surface area (Å²) in [5, 5.41) is 6.07. The predicted octanol–water partition coefficient (Wildman–Crippen LogP) is 2.11. The third-order valence-electron chi connectivity index (χ3n) is 3.89. The lowest BCUT2D eigenvalue weighted by molar-refractivity contribution is -0.125. The summed E-state index contributed by atoms with van der Waals surface area (Å²) >= 11 is 1.63. The minimum atomic E-state index is 0.0482. The molecule has 3 rings (SSSR count). The lowest BCUT2D eigenvalue weighted by atomic mass is 9.97. The molecule has 0 saturated carbocycles. The summed E-state index contributed by atoms with van der Waals surface area (Å²) in [7, 11) is 0. The van der Waals surface area contributed by atoms with Crippen LogP contribution >= 0.6 is 11.3 Å². The molecule has 1 aliphatic rings. The van der Waals surface area contributed by atoms with Gasteiger partial charge in [-0.25, -0.2) is 9.97 Å². The van der Waals surface area contributed by atoms with Crippen LogP contribution in [0.3, 0.4) is 0 Å². The van der Waals surface area contributed by atoms with Gasteiger partial charge in [0.05, 0.1) is 10.9 Å². The van der Waals surface area contributed by atoms with Gasteiger partial charge in [-0.15, -0.1) is 11.3 Å². The Bertz CT molecular complexity index is 587. The Balaban J connectivity index is 1.49. The van der Waals surface area contributed by atoms with Crippen LogP contribution < -0.4 is 10.2 Å². The third kappa shape index (κ3) is 3.82. The van der Waals surface area contributed by atoms with Gasteiger partial charge in [0.15, 0.2) is 0 Å². The SMILES string of the molecule is O=C(NCCc1nccs1)[C@H]1CCCN(c2ccccn2)C1. The van der Waals surface area contributed by atoms with Gasteiger partial charge in [-0.05, 0) is 25.0 Å². The molecular weight excluding hydrogens is 296 g/mol. The summed E-state index contributed by atoms with van der Waals surface area (Å²) in [6.45, 7) is 2.38. The van der Waals surface area contributed by atoms with E-state index < -0.39 is 0 Å². The minimum absolute atomic E-state index is 0.0482. The van der Waals surface area contributed by atoms with Gasteiger partial charge in [0.2, 0.25) is 5.91 Å². The number of hydrogen-bond donors (Lipinski definition) is 1. The van der Waals surface area contributed by atoms with Crippen LogP contribution in [0.5, 0.6) is 0 Å². The molecule has 1 atom stereocenters. The number of pyridine rings is 1. The van der Waals surface area contributed by atoms with Gasteiger partial charge in [0, 0.05) is 43.8 Å². The highest BCUT2D eigenvalue weighted by atomic mass is 32.1. The second-order valence-corrected chi connectivity index (χ2v) is 6.42. The van der Waals surface area contributed by atoms with Crippen molar-refractivity contribution in [1.82, 2.24) is 15.3 Å². The Morgan fingerprint density at radius 3 is 3.09 bits per heavy atom. The van der Waals surface area contributed by atoms with Gasteiger partial charge in [0.1, 0.15) is 5.82 Å². The van der Waals surface area contributed by atoms with E-state index in [0.717, 1.165) is 43.2 Å². The number of aromatic nitrogens is 2. The van der Waals surface area contributed by atoms with Crippen molar-refractivity contribution in [2.75, 3.05) is 24.5 Å². The maximum absolute atomic E-state index is 12.3. The number of nitrogens with zero attached hydrogens (tertiary/aromatic N) is 3. The predicted molar refractivity (Wildman–Crippen MR) is 88.0 cm³/mol. The van der Waals surface area contributed by atoms with Crippen LogP contribution in [0.4, 0.5) is 5.82 Å². The fourth-order valence-corrected chi connectivity index (χ4v) is 3.37. The van der Waals surface area contributed by atoms with Gasteiger partial charge in [-0.3, -0.25) is 4.79 Å². The monoisotopic (exact) mass is 316 g/mol. The van der Waals surface area contributed by atoms with Crippen LogP contribution in [-0.2, 0) is 11.2 Å². The molecule has 2 aromatic heterocycles. The highest BCUT2D eigenvalue weighted by Crippen LogP contribution is 2.21. The molecule has 0 radical (unpaired) electrons. The molecule has 22 heavy (non-hydrogen) atoms. The van der Waals surface area contributed by atoms with Crippen LogP contribution in [-0.4, -0.2) is 35.5 Å². The van der Waals surface area contributed by atoms with Crippen molar-refractivity contribution in [3.8, 4) is 0 Å². The Kier molecular flexibility index (Phi) is 5.00. The lowest BCUT2D eigenvalue weighted by Gasteiger charge is -2.32. The molecular formula is C16H20N4OS. The lowest BCUT2D eigenvalue weighted by Crippen LogP contribution is -2.43. The maximum Gasteiger partial charge on any atom is 0.224 e. The van der Waals surface area contributed by atoms with E-state index in [1.165, 1.54) is 0 Å². The van der Waals surface area contributed by atoms with E-state index in [1.54, 1.807) is 23.7 Å². The molecule has 2 aromatic rings. The molecule has 116 valence electrons. The average molecular weight is 316 g/mol. The maximum atomic E-state index is 12.3. The summed E-state index contributed by atoms with van der Waals surface area (Å²) in [6.07, 6.45) is 6.38. The topological polar surface area (TPSA) is 58.1 Å². The van der Waals surface area contributed by atoms with Crippen molar-refractivity contribution in [1.29, 1.82) is 0 Å².